The van der Waals surface area contributed by atoms with Gasteiger partial charge < -0.3 is 0 Å². The summed E-state index contributed by atoms with van der Waals surface area (Å²) in [7, 11) is 0. The molecule has 0 aliphatic heterocycles. The van der Waals surface area contributed by atoms with Gasteiger partial charge in [-0.05, 0) is 18.6 Å². The van der Waals surface area contributed by atoms with E-state index in [0.29, 0.717) is 6.20 Å². The van der Waals surface area contributed by atoms with E-state index in [1.54, 1.807) is 0 Å². The lowest BCUT2D eigenvalue weighted by atomic mass is 9.86. The van der Waals surface area contributed by atoms with Gasteiger partial charge in [-0.25, -0.2) is 4.98 Å². The van der Waals surface area contributed by atoms with Crippen molar-refractivity contribution in [2.24, 2.45) is 0 Å². The van der Waals surface area contributed by atoms with Gasteiger partial charge in [0, 0.05) is 11.8 Å². The number of aromatic nitrogens is 2. The normalized spacial score (nSPS) is 14.8. The molecule has 0 atom stereocenters. The predicted molar refractivity (Wildman–Crippen MR) is 111 cm³/mol. The number of pyridine rings is 1. The van der Waals surface area contributed by atoms with Crippen molar-refractivity contribution in [1.82, 2.24) is 9.38 Å². The molecule has 3 rings (SSSR count). The molecule has 0 aliphatic carbocycles. The van der Waals surface area contributed by atoms with Crippen molar-refractivity contribution in [1.29, 1.82) is 0 Å². The second-order valence-corrected chi connectivity index (χ2v) is 8.96. The maximum atomic E-state index is 15.3. The Kier molecular flexibility index (Phi) is 7.64. The predicted octanol–water partition coefficient (Wildman–Crippen LogP) is 8.14. The van der Waals surface area contributed by atoms with Crippen LogP contribution < -0.4 is 5.56 Å². The van der Waals surface area contributed by atoms with Gasteiger partial charge in [0.15, 0.2) is 0 Å². The van der Waals surface area contributed by atoms with E-state index in [4.69, 9.17) is 0 Å². The number of aryl methyl sites for hydroxylation is 1. The van der Waals surface area contributed by atoms with Crippen molar-refractivity contribution in [2.45, 2.75) is 54.6 Å². The minimum absolute atomic E-state index is 0.00535. The quantitative estimate of drug-likeness (QED) is 0.230. The van der Waals surface area contributed by atoms with E-state index in [0.717, 1.165) is 30.3 Å². The fraction of sp³-hybridized carbons (Fsp3) is 0.391. The summed E-state index contributed by atoms with van der Waals surface area (Å²) in [5.41, 5.74) is -8.30. The molecular weight excluding hydrogens is 643 g/mol. The molecule has 0 saturated carbocycles. The molecule has 3 aromatic rings. The monoisotopic (exact) mass is 654 g/mol. The third kappa shape index (κ3) is 4.49. The molecule has 2 aromatic heterocycles. The van der Waals surface area contributed by atoms with Gasteiger partial charge in [0.25, 0.3) is 5.56 Å². The zero-order valence-corrected chi connectivity index (χ0v) is 20.3. The minimum Gasteiger partial charge on any atom is -0.268 e. The van der Waals surface area contributed by atoms with Gasteiger partial charge in [-0.15, -0.1) is 0 Å². The van der Waals surface area contributed by atoms with Crippen LogP contribution >= 0.6 is 0 Å². The molecule has 20 heteroatoms. The van der Waals surface area contributed by atoms with Crippen molar-refractivity contribution in [3.63, 3.8) is 0 Å². The molecule has 0 unspecified atom stereocenters. The van der Waals surface area contributed by atoms with Crippen LogP contribution in [0.2, 0.25) is 0 Å². The number of nitrogens with zero attached hydrogens (tertiary/aromatic N) is 2. The van der Waals surface area contributed by atoms with E-state index >= 15 is 8.78 Å². The molecule has 0 spiro atoms. The summed E-state index contributed by atoms with van der Waals surface area (Å²) >= 11 is 0. The largest absolute Gasteiger partial charge is 0.460 e. The van der Waals surface area contributed by atoms with E-state index in [9.17, 15) is 70.7 Å². The van der Waals surface area contributed by atoms with Gasteiger partial charge >= 0.3 is 47.6 Å². The van der Waals surface area contributed by atoms with E-state index in [-0.39, 0.29) is 9.96 Å². The number of hydrogen-bond donors (Lipinski definition) is 0. The Morgan fingerprint density at radius 2 is 1.02 bits per heavy atom. The average Bonchev–Trinajstić information content (AvgIpc) is 2.87. The molecule has 238 valence electrons. The van der Waals surface area contributed by atoms with Crippen LogP contribution in [0.5, 0.6) is 0 Å². The summed E-state index contributed by atoms with van der Waals surface area (Å²) in [6.45, 7) is 1.18. The lowest BCUT2D eigenvalue weighted by Crippen LogP contribution is -2.74. The topological polar surface area (TPSA) is 34.4 Å². The van der Waals surface area contributed by atoms with E-state index in [1.165, 1.54) is 19.1 Å². The third-order valence-corrected chi connectivity index (χ3v) is 6.05. The Morgan fingerprint density at radius 3 is 1.49 bits per heavy atom. The summed E-state index contributed by atoms with van der Waals surface area (Å²) < 4.78 is 235. The average molecular weight is 654 g/mol. The minimum atomic E-state index is -8.78. The highest BCUT2D eigenvalue weighted by molar-refractivity contribution is 5.66. The van der Waals surface area contributed by atoms with Crippen molar-refractivity contribution in [3.8, 4) is 11.3 Å². The molecule has 0 fully saturated rings. The first-order valence-corrected chi connectivity index (χ1v) is 10.9. The van der Waals surface area contributed by atoms with Crippen LogP contribution in [-0.4, -0.2) is 51.1 Å². The molecule has 2 heterocycles. The van der Waals surface area contributed by atoms with Crippen LogP contribution in [0.25, 0.3) is 16.9 Å². The number of fused-ring (bicyclic) bond motifs is 1. The number of alkyl halides is 17. The van der Waals surface area contributed by atoms with Crippen LogP contribution in [0.15, 0.2) is 53.5 Å². The van der Waals surface area contributed by atoms with Gasteiger partial charge in [0.1, 0.15) is 11.2 Å². The van der Waals surface area contributed by atoms with E-state index < -0.39 is 75.7 Å². The number of halogens is 17. The maximum Gasteiger partial charge on any atom is 0.460 e. The first-order valence-electron chi connectivity index (χ1n) is 10.9. The molecule has 0 radical (unpaired) electrons. The Morgan fingerprint density at radius 1 is 0.581 bits per heavy atom. The molecule has 0 bridgehead atoms. The highest BCUT2D eigenvalue weighted by Crippen LogP contribution is 2.65. The lowest BCUT2D eigenvalue weighted by molar-refractivity contribution is -0.462. The van der Waals surface area contributed by atoms with Crippen molar-refractivity contribution in [2.75, 3.05) is 0 Å². The molecule has 0 saturated heterocycles. The van der Waals surface area contributed by atoms with Gasteiger partial charge in [0.05, 0.1) is 5.69 Å². The fourth-order valence-electron chi connectivity index (χ4n) is 3.65. The zero-order chi connectivity index (χ0) is 33.4. The van der Waals surface area contributed by atoms with Crippen LogP contribution in [0.3, 0.4) is 0 Å². The van der Waals surface area contributed by atoms with Crippen LogP contribution in [0.1, 0.15) is 11.1 Å². The molecule has 1 aromatic carbocycles. The Hall–Kier alpha value is -3.61. The summed E-state index contributed by atoms with van der Waals surface area (Å²) in [6, 6.07) is 6.74. The summed E-state index contributed by atoms with van der Waals surface area (Å²) in [5.74, 6) is -58.2. The van der Waals surface area contributed by atoms with Gasteiger partial charge in [-0.1, -0.05) is 36.4 Å². The molecule has 3 nitrogen and oxygen atoms in total. The fourth-order valence-corrected chi connectivity index (χ4v) is 3.65. The number of rotatable bonds is 8. The van der Waals surface area contributed by atoms with Crippen molar-refractivity contribution in [3.05, 3.63) is 70.1 Å². The van der Waals surface area contributed by atoms with E-state index in [1.807, 2.05) is 0 Å². The highest BCUT2D eigenvalue weighted by Gasteiger charge is 2.95. The van der Waals surface area contributed by atoms with Gasteiger partial charge in [-0.3, -0.25) is 9.20 Å². The van der Waals surface area contributed by atoms with E-state index in [2.05, 4.69) is 4.98 Å². The third-order valence-electron chi connectivity index (χ3n) is 6.05. The second-order valence-electron chi connectivity index (χ2n) is 8.96. The van der Waals surface area contributed by atoms with Gasteiger partial charge in [0.2, 0.25) is 0 Å². The SMILES string of the molecule is Cc1ccc2nc(-c3ccccc3)c(C(F)(F)C(F)(F)C(F)(F)C(F)(F)C(F)(F)C(F)(F)C(F)(F)C(F)(F)F)c(=O)n2c1. The van der Waals surface area contributed by atoms with Crippen LogP contribution in [0, 0.1) is 6.92 Å². The lowest BCUT2D eigenvalue weighted by Gasteiger charge is -2.42. The van der Waals surface area contributed by atoms with Crippen LogP contribution in [-0.2, 0) is 5.92 Å². The molecule has 0 amide bonds. The second kappa shape index (κ2) is 9.70. The Bertz CT molecular complexity index is 1580. The first kappa shape index (κ1) is 33.9. The summed E-state index contributed by atoms with van der Waals surface area (Å²) in [4.78, 5) is 16.4. The Labute approximate surface area is 226 Å². The number of hydrogen-bond acceptors (Lipinski definition) is 2. The van der Waals surface area contributed by atoms with Crippen LogP contribution in [0.4, 0.5) is 74.6 Å². The molecular formula is C23H11F17N2O. The molecule has 0 N–H and O–H groups in total. The summed E-state index contributed by atoms with van der Waals surface area (Å²) in [6.07, 6.45) is -7.25. The van der Waals surface area contributed by atoms with Crippen molar-refractivity contribution < 1.29 is 74.6 Å². The smallest absolute Gasteiger partial charge is 0.268 e. The first-order chi connectivity index (χ1) is 19.1. The standard InChI is InChI=1S/C23H11F17N2O/c1-10-7-8-12-41-14(11-5-3-2-4-6-11)13(15(43)42(12)9-10)16(24,25)17(26,27)18(28,29)19(30,31)20(32,33)21(34,35)22(36,37)23(38,39)40/h2-9H,1H3. The molecule has 0 aliphatic rings. The number of benzene rings is 1. The summed E-state index contributed by atoms with van der Waals surface area (Å²) in [5, 5.41) is 0. The van der Waals surface area contributed by atoms with Gasteiger partial charge in [-0.2, -0.15) is 74.6 Å². The van der Waals surface area contributed by atoms with Crippen molar-refractivity contribution >= 4 is 5.65 Å². The maximum absolute atomic E-state index is 15.3. The molecule has 43 heavy (non-hydrogen) atoms. The zero-order valence-electron chi connectivity index (χ0n) is 20.3. The highest BCUT2D eigenvalue weighted by atomic mass is 19.4. The Balaban J connectivity index is 2.36.